The third-order valence-corrected chi connectivity index (χ3v) is 7.49. The van der Waals surface area contributed by atoms with Crippen molar-refractivity contribution in [3.63, 3.8) is 0 Å². The Balaban J connectivity index is 4.47. The van der Waals surface area contributed by atoms with Crippen LogP contribution >= 0.6 is 0 Å². The molecule has 3 unspecified atom stereocenters. The fourth-order valence-electron chi connectivity index (χ4n) is 5.30. The van der Waals surface area contributed by atoms with Crippen LogP contribution in [0.25, 0.3) is 0 Å². The molecule has 0 aromatic carbocycles. The number of carboxylic acid groups (broad SMARTS) is 3. The maximum Gasteiger partial charge on any atom is 0.311 e. The highest BCUT2D eigenvalue weighted by atomic mass is 16.4. The van der Waals surface area contributed by atoms with Gasteiger partial charge in [0, 0.05) is 0 Å². The average molecular weight is 527 g/mol. The molecular formula is C30H56NO6+. The van der Waals surface area contributed by atoms with Crippen LogP contribution < -0.4 is 0 Å². The quantitative estimate of drug-likeness (QED) is 0.0670. The molecule has 0 aliphatic heterocycles. The largest absolute Gasteiger partial charge is 0.481 e. The average Bonchev–Trinajstić information content (AvgIpc) is 2.83. The normalized spacial score (nSPS) is 15.8. The summed E-state index contributed by atoms with van der Waals surface area (Å²) < 4.78 is 0.226. The minimum Gasteiger partial charge on any atom is -0.481 e. The first-order valence-electron chi connectivity index (χ1n) is 14.7. The smallest absolute Gasteiger partial charge is 0.311 e. The molecule has 0 heterocycles. The number of unbranched alkanes of at least 4 members (excludes halogenated alkanes) is 13. The van der Waals surface area contributed by atoms with E-state index in [2.05, 4.69) is 19.1 Å². The number of carboxylic acids is 3. The molecular weight excluding hydrogens is 470 g/mol. The Hall–Kier alpha value is -1.89. The van der Waals surface area contributed by atoms with E-state index in [1.807, 2.05) is 0 Å². The molecule has 216 valence electrons. The number of carbonyl (C=O) groups is 3. The third-order valence-electron chi connectivity index (χ3n) is 7.49. The molecule has 0 fully saturated rings. The van der Waals surface area contributed by atoms with Crippen LogP contribution in [0.4, 0.5) is 0 Å². The first-order chi connectivity index (χ1) is 17.5. The number of hydrogen-bond donors (Lipinski definition) is 3. The summed E-state index contributed by atoms with van der Waals surface area (Å²) >= 11 is 0. The van der Waals surface area contributed by atoms with Crippen LogP contribution in [0.1, 0.15) is 118 Å². The molecule has 0 saturated heterocycles. The summed E-state index contributed by atoms with van der Waals surface area (Å²) in [6.45, 7) is 8.31. The summed E-state index contributed by atoms with van der Waals surface area (Å²) in [5.41, 5.74) is 0. The van der Waals surface area contributed by atoms with Gasteiger partial charge in [0.1, 0.15) is 17.8 Å². The molecule has 0 saturated carbocycles. The van der Waals surface area contributed by atoms with Crippen molar-refractivity contribution in [2.45, 2.75) is 118 Å². The molecule has 3 N–H and O–H groups in total. The number of rotatable bonds is 25. The molecule has 0 aromatic rings. The van der Waals surface area contributed by atoms with Crippen LogP contribution in [0.5, 0.6) is 0 Å². The molecule has 0 aliphatic rings. The van der Waals surface area contributed by atoms with Crippen molar-refractivity contribution in [1.29, 1.82) is 0 Å². The second-order valence-electron chi connectivity index (χ2n) is 11.3. The molecule has 0 amide bonds. The summed E-state index contributed by atoms with van der Waals surface area (Å²) in [4.78, 5) is 34.8. The topological polar surface area (TPSA) is 112 Å². The van der Waals surface area contributed by atoms with Gasteiger partial charge in [-0.05, 0) is 53.4 Å². The van der Waals surface area contributed by atoms with Crippen molar-refractivity contribution < 1.29 is 34.2 Å². The van der Waals surface area contributed by atoms with Crippen LogP contribution in [-0.4, -0.2) is 63.9 Å². The highest BCUT2D eigenvalue weighted by Crippen LogP contribution is 2.22. The van der Waals surface area contributed by atoms with Gasteiger partial charge in [0.2, 0.25) is 0 Å². The van der Waals surface area contributed by atoms with E-state index in [0.29, 0.717) is 6.54 Å². The Morgan fingerprint density at radius 2 is 0.865 bits per heavy atom. The lowest BCUT2D eigenvalue weighted by atomic mass is 10.00. The van der Waals surface area contributed by atoms with Gasteiger partial charge < -0.3 is 19.8 Å². The zero-order valence-corrected chi connectivity index (χ0v) is 24.1. The third kappa shape index (κ3) is 18.1. The molecule has 0 spiro atoms. The Labute approximate surface area is 225 Å². The van der Waals surface area contributed by atoms with E-state index in [-0.39, 0.29) is 24.1 Å². The van der Waals surface area contributed by atoms with Crippen molar-refractivity contribution in [2.75, 3.05) is 26.2 Å². The molecule has 7 nitrogen and oxygen atoms in total. The molecule has 7 heteroatoms. The van der Waals surface area contributed by atoms with Crippen molar-refractivity contribution in [3.05, 3.63) is 12.2 Å². The van der Waals surface area contributed by atoms with Crippen LogP contribution in [0.3, 0.4) is 0 Å². The first-order valence-corrected chi connectivity index (χ1v) is 14.7. The van der Waals surface area contributed by atoms with Crippen molar-refractivity contribution in [2.24, 2.45) is 17.8 Å². The fraction of sp³-hybridized carbons (Fsp3) is 0.833. The van der Waals surface area contributed by atoms with E-state index in [1.54, 1.807) is 20.8 Å². The Kier molecular flexibility index (Phi) is 20.0. The number of hydrogen-bond acceptors (Lipinski definition) is 3. The highest BCUT2D eigenvalue weighted by molar-refractivity contribution is 5.70. The Bertz CT molecular complexity index is 607. The Morgan fingerprint density at radius 1 is 0.568 bits per heavy atom. The first kappa shape index (κ1) is 35.1. The van der Waals surface area contributed by atoms with Crippen molar-refractivity contribution in [3.8, 4) is 0 Å². The maximum absolute atomic E-state index is 11.6. The van der Waals surface area contributed by atoms with Crippen molar-refractivity contribution >= 4 is 17.9 Å². The van der Waals surface area contributed by atoms with Gasteiger partial charge in [-0.15, -0.1) is 0 Å². The zero-order valence-electron chi connectivity index (χ0n) is 24.1. The molecule has 37 heavy (non-hydrogen) atoms. The summed E-state index contributed by atoms with van der Waals surface area (Å²) in [7, 11) is 0. The van der Waals surface area contributed by atoms with Gasteiger partial charge in [-0.1, -0.05) is 76.4 Å². The van der Waals surface area contributed by atoms with Gasteiger partial charge in [0.25, 0.3) is 0 Å². The van der Waals surface area contributed by atoms with Crippen LogP contribution in [0.15, 0.2) is 12.2 Å². The lowest BCUT2D eigenvalue weighted by Crippen LogP contribution is -2.57. The predicted octanol–water partition coefficient (Wildman–Crippen LogP) is 7.00. The van der Waals surface area contributed by atoms with Gasteiger partial charge >= 0.3 is 17.9 Å². The molecule has 0 aliphatic carbocycles. The number of allylic oxidation sites excluding steroid dienone is 2. The van der Waals surface area contributed by atoms with Crippen molar-refractivity contribution in [1.82, 2.24) is 0 Å². The van der Waals surface area contributed by atoms with Gasteiger partial charge in [-0.2, -0.15) is 0 Å². The van der Waals surface area contributed by atoms with E-state index in [4.69, 9.17) is 0 Å². The number of nitrogens with zero attached hydrogens (tertiary/aromatic N) is 1. The van der Waals surface area contributed by atoms with Gasteiger partial charge in [-0.3, -0.25) is 14.4 Å². The SMILES string of the molecule is C/C=C/CCCCCCCCCCCCCCC[N+](CC(C)C(=O)O)(CC(C)C(=O)O)CC(C)C(=O)O. The summed E-state index contributed by atoms with van der Waals surface area (Å²) in [6, 6.07) is 0. The second-order valence-corrected chi connectivity index (χ2v) is 11.3. The van der Waals surface area contributed by atoms with E-state index in [9.17, 15) is 29.7 Å². The number of aliphatic carboxylic acids is 3. The molecule has 0 radical (unpaired) electrons. The van der Waals surface area contributed by atoms with Gasteiger partial charge in [-0.25, -0.2) is 0 Å². The standard InChI is InChI=1S/C30H55NO6/c1-5-6-7-8-9-10-11-12-13-14-15-16-17-18-19-20-21-31(22-25(2)28(32)33,23-26(3)29(34)35)24-27(4)30(36)37/h5-6,25-27H,7-24H2,1-4H3,(H2-,32,33,34,35,36,37)/p+1/b6-5+. The zero-order chi connectivity index (χ0) is 28.1. The molecule has 0 rings (SSSR count). The maximum atomic E-state index is 11.6. The monoisotopic (exact) mass is 526 g/mol. The molecule has 3 atom stereocenters. The van der Waals surface area contributed by atoms with E-state index in [1.165, 1.54) is 70.6 Å². The number of quaternary nitrogens is 1. The summed E-state index contributed by atoms with van der Waals surface area (Å²) in [6.07, 6.45) is 21.5. The molecule has 0 aromatic heterocycles. The van der Waals surface area contributed by atoms with E-state index >= 15 is 0 Å². The van der Waals surface area contributed by atoms with Gasteiger partial charge in [0.05, 0.1) is 26.2 Å². The Morgan fingerprint density at radius 3 is 1.16 bits per heavy atom. The molecule has 0 bridgehead atoms. The second kappa shape index (κ2) is 21.1. The van der Waals surface area contributed by atoms with E-state index < -0.39 is 35.7 Å². The minimum atomic E-state index is -0.933. The van der Waals surface area contributed by atoms with Crippen LogP contribution in [-0.2, 0) is 14.4 Å². The summed E-state index contributed by atoms with van der Waals surface area (Å²) in [5.74, 6) is -4.80. The minimum absolute atomic E-state index is 0.226. The lowest BCUT2D eigenvalue weighted by molar-refractivity contribution is -0.934. The lowest BCUT2D eigenvalue weighted by Gasteiger charge is -2.42. The summed E-state index contributed by atoms with van der Waals surface area (Å²) in [5, 5.41) is 28.5. The van der Waals surface area contributed by atoms with Crippen LogP contribution in [0.2, 0.25) is 0 Å². The highest BCUT2D eigenvalue weighted by Gasteiger charge is 2.38. The van der Waals surface area contributed by atoms with Gasteiger partial charge in [0.15, 0.2) is 0 Å². The predicted molar refractivity (Wildman–Crippen MR) is 150 cm³/mol. The van der Waals surface area contributed by atoms with Crippen LogP contribution in [0, 0.1) is 17.8 Å². The fourth-order valence-corrected chi connectivity index (χ4v) is 5.30. The van der Waals surface area contributed by atoms with E-state index in [0.717, 1.165) is 19.3 Å².